The summed E-state index contributed by atoms with van der Waals surface area (Å²) in [6.07, 6.45) is 0. The Balaban J connectivity index is 2.15. The fourth-order valence-electron chi connectivity index (χ4n) is 2.19. The molecule has 21 heavy (non-hydrogen) atoms. The molecule has 0 fully saturated rings. The first kappa shape index (κ1) is 13.5. The molecule has 3 rings (SSSR count). The third-order valence-corrected chi connectivity index (χ3v) is 4.09. The second-order valence-corrected chi connectivity index (χ2v) is 5.99. The van der Waals surface area contributed by atoms with Crippen LogP contribution in [0.3, 0.4) is 0 Å². The van der Waals surface area contributed by atoms with Crippen molar-refractivity contribution in [2.45, 2.75) is 4.90 Å². The molecule has 2 aromatic carbocycles. The van der Waals surface area contributed by atoms with E-state index in [1.54, 1.807) is 0 Å². The van der Waals surface area contributed by atoms with E-state index in [1.165, 1.54) is 6.07 Å². The molecule has 3 aromatic rings. The Morgan fingerprint density at radius 1 is 0.905 bits per heavy atom. The average Bonchev–Trinajstić information content (AvgIpc) is 2.45. The third-order valence-electron chi connectivity index (χ3n) is 3.21. The van der Waals surface area contributed by atoms with E-state index in [9.17, 15) is 13.2 Å². The van der Waals surface area contributed by atoms with Crippen LogP contribution in [0.1, 0.15) is 0 Å². The molecule has 1 heterocycles. The van der Waals surface area contributed by atoms with Gasteiger partial charge in [-0.05, 0) is 34.5 Å². The predicted molar refractivity (Wildman–Crippen MR) is 79.8 cm³/mol. The molecular formula is C15H11NO4S. The summed E-state index contributed by atoms with van der Waals surface area (Å²) in [4.78, 5) is 13.5. The lowest BCUT2D eigenvalue weighted by molar-refractivity contribution is 0.482. The van der Waals surface area contributed by atoms with E-state index < -0.39 is 20.6 Å². The number of benzene rings is 2. The van der Waals surface area contributed by atoms with E-state index in [0.717, 1.165) is 22.4 Å². The molecule has 0 aliphatic heterocycles. The van der Waals surface area contributed by atoms with Gasteiger partial charge in [-0.2, -0.15) is 8.42 Å². The van der Waals surface area contributed by atoms with Crippen molar-refractivity contribution in [3.05, 3.63) is 65.0 Å². The molecule has 1 aromatic heterocycles. The lowest BCUT2D eigenvalue weighted by Gasteiger charge is -2.05. The van der Waals surface area contributed by atoms with Crippen molar-refractivity contribution in [3.63, 3.8) is 0 Å². The first-order valence-corrected chi connectivity index (χ1v) is 7.59. The van der Waals surface area contributed by atoms with Crippen LogP contribution in [-0.2, 0) is 10.1 Å². The van der Waals surface area contributed by atoms with Crippen LogP contribution in [-0.4, -0.2) is 18.0 Å². The van der Waals surface area contributed by atoms with Crippen LogP contribution >= 0.6 is 0 Å². The lowest BCUT2D eigenvalue weighted by Crippen LogP contribution is -2.17. The summed E-state index contributed by atoms with van der Waals surface area (Å²) >= 11 is 0. The molecule has 0 aliphatic carbocycles. The monoisotopic (exact) mass is 301 g/mol. The molecule has 0 saturated heterocycles. The van der Waals surface area contributed by atoms with Gasteiger partial charge in [0.2, 0.25) is 0 Å². The summed E-state index contributed by atoms with van der Waals surface area (Å²) in [5, 5.41) is 2.08. The van der Waals surface area contributed by atoms with Gasteiger partial charge < -0.3 is 4.98 Å². The zero-order valence-electron chi connectivity index (χ0n) is 10.8. The number of rotatable bonds is 2. The maximum absolute atomic E-state index is 11.7. The lowest BCUT2D eigenvalue weighted by atomic mass is 10.0. The molecule has 0 unspecified atom stereocenters. The summed E-state index contributed by atoms with van der Waals surface area (Å²) < 4.78 is 30.9. The highest BCUT2D eigenvalue weighted by Gasteiger charge is 2.15. The van der Waals surface area contributed by atoms with Gasteiger partial charge in [0.05, 0.1) is 0 Å². The number of aromatic nitrogens is 1. The van der Waals surface area contributed by atoms with Crippen LogP contribution in [0.15, 0.2) is 64.3 Å². The predicted octanol–water partition coefficient (Wildman–Crippen LogP) is 2.44. The highest BCUT2D eigenvalue weighted by atomic mass is 32.2. The van der Waals surface area contributed by atoms with E-state index in [1.807, 2.05) is 42.5 Å². The number of hydrogen-bond donors (Lipinski definition) is 2. The Bertz CT molecular complexity index is 990. The van der Waals surface area contributed by atoms with Gasteiger partial charge in [0.15, 0.2) is 4.90 Å². The first-order chi connectivity index (χ1) is 9.95. The minimum Gasteiger partial charge on any atom is -0.321 e. The minimum atomic E-state index is -4.51. The van der Waals surface area contributed by atoms with Gasteiger partial charge in [-0.1, -0.05) is 36.4 Å². The van der Waals surface area contributed by atoms with Gasteiger partial charge in [0, 0.05) is 5.69 Å². The van der Waals surface area contributed by atoms with Gasteiger partial charge >= 0.3 is 0 Å². The van der Waals surface area contributed by atoms with Crippen molar-refractivity contribution < 1.29 is 13.0 Å². The fraction of sp³-hybridized carbons (Fsp3) is 0. The van der Waals surface area contributed by atoms with Crippen molar-refractivity contribution >= 4 is 20.9 Å². The summed E-state index contributed by atoms with van der Waals surface area (Å²) in [5.74, 6) is 0. The highest BCUT2D eigenvalue weighted by molar-refractivity contribution is 7.85. The molecule has 106 valence electrons. The van der Waals surface area contributed by atoms with Crippen molar-refractivity contribution in [3.8, 4) is 11.3 Å². The average molecular weight is 301 g/mol. The Morgan fingerprint density at radius 2 is 1.62 bits per heavy atom. The summed E-state index contributed by atoms with van der Waals surface area (Å²) in [5.41, 5.74) is 0.397. The van der Waals surface area contributed by atoms with Gasteiger partial charge in [-0.15, -0.1) is 0 Å². The van der Waals surface area contributed by atoms with Crippen LogP contribution in [0.25, 0.3) is 22.0 Å². The number of fused-ring (bicyclic) bond motifs is 1. The number of hydrogen-bond acceptors (Lipinski definition) is 3. The minimum absolute atomic E-state index is 0.484. The van der Waals surface area contributed by atoms with Crippen molar-refractivity contribution in [1.82, 2.24) is 4.98 Å². The number of pyridine rings is 1. The van der Waals surface area contributed by atoms with Gasteiger partial charge in [-0.25, -0.2) is 0 Å². The molecule has 0 saturated carbocycles. The van der Waals surface area contributed by atoms with E-state index in [-0.39, 0.29) is 0 Å². The molecule has 0 radical (unpaired) electrons. The number of nitrogens with one attached hydrogen (secondary N) is 1. The quantitative estimate of drug-likeness (QED) is 0.712. The molecule has 5 nitrogen and oxygen atoms in total. The molecule has 6 heteroatoms. The van der Waals surface area contributed by atoms with Gasteiger partial charge in [-0.3, -0.25) is 9.35 Å². The zero-order valence-corrected chi connectivity index (χ0v) is 11.6. The number of aromatic amines is 1. The zero-order chi connectivity index (χ0) is 15.0. The smallest absolute Gasteiger partial charge is 0.300 e. The molecule has 0 atom stereocenters. The molecular weight excluding hydrogens is 290 g/mol. The second kappa shape index (κ2) is 4.83. The van der Waals surface area contributed by atoms with E-state index in [2.05, 4.69) is 4.98 Å². The van der Waals surface area contributed by atoms with Crippen LogP contribution < -0.4 is 5.56 Å². The van der Waals surface area contributed by atoms with E-state index in [0.29, 0.717) is 5.69 Å². The first-order valence-electron chi connectivity index (χ1n) is 6.15. The highest BCUT2D eigenvalue weighted by Crippen LogP contribution is 2.22. The van der Waals surface area contributed by atoms with Gasteiger partial charge in [0.25, 0.3) is 15.7 Å². The maximum atomic E-state index is 11.7. The molecule has 0 amide bonds. The topological polar surface area (TPSA) is 87.2 Å². The number of H-pyrrole nitrogens is 1. The maximum Gasteiger partial charge on any atom is 0.300 e. The van der Waals surface area contributed by atoms with Crippen LogP contribution in [0, 0.1) is 0 Å². The molecule has 0 spiro atoms. The Labute approximate surface area is 120 Å². The van der Waals surface area contributed by atoms with Crippen LogP contribution in [0.4, 0.5) is 0 Å². The van der Waals surface area contributed by atoms with Gasteiger partial charge in [0.1, 0.15) is 0 Å². The molecule has 0 bridgehead atoms. The Kier molecular flexibility index (Phi) is 3.12. The largest absolute Gasteiger partial charge is 0.321 e. The Hall–Kier alpha value is -2.44. The third kappa shape index (κ3) is 2.58. The SMILES string of the molecule is O=c1[nH]c(-c2ccc3ccccc3c2)ccc1S(=O)(=O)O. The molecule has 0 aliphatic rings. The van der Waals surface area contributed by atoms with E-state index >= 15 is 0 Å². The van der Waals surface area contributed by atoms with Crippen molar-refractivity contribution in [2.24, 2.45) is 0 Å². The summed E-state index contributed by atoms with van der Waals surface area (Å²) in [7, 11) is -4.51. The van der Waals surface area contributed by atoms with Crippen LogP contribution in [0.2, 0.25) is 0 Å². The normalized spacial score (nSPS) is 11.7. The fourth-order valence-corrected chi connectivity index (χ4v) is 2.71. The van der Waals surface area contributed by atoms with Crippen molar-refractivity contribution in [2.75, 3.05) is 0 Å². The molecule has 2 N–H and O–H groups in total. The van der Waals surface area contributed by atoms with Crippen molar-refractivity contribution in [1.29, 1.82) is 0 Å². The Morgan fingerprint density at radius 3 is 2.29 bits per heavy atom. The second-order valence-electron chi connectivity index (χ2n) is 4.60. The standard InChI is InChI=1S/C15H11NO4S/c17-15-14(21(18,19)20)8-7-13(16-15)12-6-5-10-3-1-2-4-11(10)9-12/h1-9H,(H,16,17)(H,18,19,20). The van der Waals surface area contributed by atoms with E-state index in [4.69, 9.17) is 4.55 Å². The summed E-state index contributed by atoms with van der Waals surface area (Å²) in [6.45, 7) is 0. The van der Waals surface area contributed by atoms with Crippen LogP contribution in [0.5, 0.6) is 0 Å². The summed E-state index contributed by atoms with van der Waals surface area (Å²) in [6, 6.07) is 16.0.